The van der Waals surface area contributed by atoms with Crippen LogP contribution in [0.3, 0.4) is 0 Å². The Balaban J connectivity index is 2.11. The van der Waals surface area contributed by atoms with E-state index in [1.54, 1.807) is 0 Å². The molecule has 1 aromatic carbocycles. The lowest BCUT2D eigenvalue weighted by molar-refractivity contribution is 0.126. The second kappa shape index (κ2) is 5.56. The summed E-state index contributed by atoms with van der Waals surface area (Å²) in [5.41, 5.74) is 0.434. The van der Waals surface area contributed by atoms with Crippen LogP contribution in [-0.2, 0) is 0 Å². The van der Waals surface area contributed by atoms with Gasteiger partial charge in [-0.15, -0.1) is 0 Å². The van der Waals surface area contributed by atoms with E-state index in [4.69, 9.17) is 0 Å². The maximum atomic E-state index is 13.1. The van der Waals surface area contributed by atoms with Crippen LogP contribution in [0.1, 0.15) is 37.4 Å². The van der Waals surface area contributed by atoms with Crippen LogP contribution < -0.4 is 5.32 Å². The van der Waals surface area contributed by atoms with Crippen LogP contribution in [-0.4, -0.2) is 17.7 Å². The largest absolute Gasteiger partial charge is 0.387 e. The number of aliphatic hydroxyl groups is 1. The molecule has 0 bridgehead atoms. The summed E-state index contributed by atoms with van der Waals surface area (Å²) >= 11 is 0. The number of halogens is 2. The molecule has 1 aromatic rings. The second-order valence-electron chi connectivity index (χ2n) is 4.53. The molecule has 0 radical (unpaired) electrons. The van der Waals surface area contributed by atoms with Crippen molar-refractivity contribution >= 4 is 0 Å². The molecule has 2 rings (SSSR count). The molecular weight excluding hydrogens is 224 g/mol. The van der Waals surface area contributed by atoms with Crippen molar-refractivity contribution in [1.82, 2.24) is 5.32 Å². The highest BCUT2D eigenvalue weighted by atomic mass is 19.2. The average molecular weight is 241 g/mol. The fourth-order valence-corrected chi connectivity index (χ4v) is 2.25. The lowest BCUT2D eigenvalue weighted by Gasteiger charge is -2.22. The second-order valence-corrected chi connectivity index (χ2v) is 4.53. The molecule has 2 nitrogen and oxygen atoms in total. The average Bonchev–Trinajstić information content (AvgIpc) is 2.60. The Labute approximate surface area is 99.7 Å². The quantitative estimate of drug-likeness (QED) is 0.834. The molecule has 0 spiro atoms. The zero-order chi connectivity index (χ0) is 12.3. The minimum atomic E-state index is -0.907. The molecule has 17 heavy (non-hydrogen) atoms. The minimum Gasteiger partial charge on any atom is -0.387 e. The first kappa shape index (κ1) is 12.5. The van der Waals surface area contributed by atoms with Crippen LogP contribution in [0.4, 0.5) is 8.78 Å². The maximum Gasteiger partial charge on any atom is 0.159 e. The van der Waals surface area contributed by atoms with Gasteiger partial charge in [-0.1, -0.05) is 18.9 Å². The van der Waals surface area contributed by atoms with Gasteiger partial charge >= 0.3 is 0 Å². The molecule has 94 valence electrons. The van der Waals surface area contributed by atoms with Gasteiger partial charge in [0.2, 0.25) is 0 Å². The number of rotatable bonds is 2. The smallest absolute Gasteiger partial charge is 0.159 e. The molecule has 1 aliphatic rings. The summed E-state index contributed by atoms with van der Waals surface area (Å²) in [5.74, 6) is -1.79. The molecule has 1 fully saturated rings. The van der Waals surface area contributed by atoms with Crippen molar-refractivity contribution < 1.29 is 13.9 Å². The Morgan fingerprint density at radius 1 is 1.18 bits per heavy atom. The van der Waals surface area contributed by atoms with Gasteiger partial charge < -0.3 is 10.4 Å². The van der Waals surface area contributed by atoms with E-state index >= 15 is 0 Å². The fraction of sp³-hybridized carbons (Fsp3) is 0.538. The van der Waals surface area contributed by atoms with Crippen molar-refractivity contribution in [1.29, 1.82) is 0 Å². The normalized spacial score (nSPS) is 23.1. The molecule has 0 aromatic heterocycles. The van der Waals surface area contributed by atoms with Crippen LogP contribution in [0.2, 0.25) is 0 Å². The van der Waals surface area contributed by atoms with Gasteiger partial charge in [0.05, 0.1) is 6.10 Å². The van der Waals surface area contributed by atoms with Crippen molar-refractivity contribution in [2.24, 2.45) is 0 Å². The van der Waals surface area contributed by atoms with Gasteiger partial charge in [0, 0.05) is 6.04 Å². The van der Waals surface area contributed by atoms with Crippen molar-refractivity contribution in [3.63, 3.8) is 0 Å². The Hall–Kier alpha value is -1.00. The molecule has 1 aliphatic heterocycles. The fourth-order valence-electron chi connectivity index (χ4n) is 2.25. The van der Waals surface area contributed by atoms with Crippen LogP contribution in [0, 0.1) is 11.6 Å². The molecule has 1 heterocycles. The van der Waals surface area contributed by atoms with Gasteiger partial charge in [-0.2, -0.15) is 0 Å². The molecular formula is C13H17F2NO. The standard InChI is InChI=1S/C13H17F2NO/c14-10-6-5-9(8-11(10)15)13(17)12-4-2-1-3-7-16-12/h5-6,8,12-13,16-17H,1-4,7H2. The summed E-state index contributed by atoms with van der Waals surface area (Å²) in [4.78, 5) is 0. The third-order valence-corrected chi connectivity index (χ3v) is 3.26. The van der Waals surface area contributed by atoms with Crippen molar-refractivity contribution in [3.05, 3.63) is 35.4 Å². The summed E-state index contributed by atoms with van der Waals surface area (Å²) in [6.07, 6.45) is 3.39. The Bertz CT molecular complexity index is 376. The van der Waals surface area contributed by atoms with Crippen LogP contribution in [0.25, 0.3) is 0 Å². The topological polar surface area (TPSA) is 32.3 Å². The SMILES string of the molecule is OC(c1ccc(F)c(F)c1)C1CCCCCN1. The molecule has 4 heteroatoms. The highest BCUT2D eigenvalue weighted by Gasteiger charge is 2.22. The van der Waals surface area contributed by atoms with Gasteiger partial charge in [0.1, 0.15) is 0 Å². The van der Waals surface area contributed by atoms with Gasteiger partial charge in [-0.05, 0) is 37.1 Å². The summed E-state index contributed by atoms with van der Waals surface area (Å²) in [6.45, 7) is 0.866. The van der Waals surface area contributed by atoms with Gasteiger partial charge in [-0.3, -0.25) is 0 Å². The minimum absolute atomic E-state index is 0.0673. The third kappa shape index (κ3) is 3.01. The summed E-state index contributed by atoms with van der Waals surface area (Å²) < 4.78 is 25.9. The number of nitrogens with one attached hydrogen (secondary N) is 1. The molecule has 0 amide bonds. The van der Waals surface area contributed by atoms with E-state index in [9.17, 15) is 13.9 Å². The predicted octanol–water partition coefficient (Wildman–Crippen LogP) is 2.53. The van der Waals surface area contributed by atoms with Crippen molar-refractivity contribution in [3.8, 4) is 0 Å². The highest BCUT2D eigenvalue weighted by Crippen LogP contribution is 2.23. The lowest BCUT2D eigenvalue weighted by Crippen LogP contribution is -2.34. The van der Waals surface area contributed by atoms with Gasteiger partial charge in [0.25, 0.3) is 0 Å². The Morgan fingerprint density at radius 2 is 2.00 bits per heavy atom. The van der Waals surface area contributed by atoms with Crippen LogP contribution in [0.5, 0.6) is 0 Å². The van der Waals surface area contributed by atoms with E-state index in [1.165, 1.54) is 6.07 Å². The summed E-state index contributed by atoms with van der Waals surface area (Å²) in [5, 5.41) is 13.4. The third-order valence-electron chi connectivity index (χ3n) is 3.26. The van der Waals surface area contributed by atoms with Gasteiger partial charge in [0.15, 0.2) is 11.6 Å². The number of hydrogen-bond donors (Lipinski definition) is 2. The number of benzene rings is 1. The van der Waals surface area contributed by atoms with Crippen molar-refractivity contribution in [2.75, 3.05) is 6.54 Å². The molecule has 2 N–H and O–H groups in total. The first-order valence-electron chi connectivity index (χ1n) is 6.05. The monoisotopic (exact) mass is 241 g/mol. The molecule has 1 saturated heterocycles. The van der Waals surface area contributed by atoms with E-state index in [-0.39, 0.29) is 6.04 Å². The van der Waals surface area contributed by atoms with Crippen LogP contribution in [0.15, 0.2) is 18.2 Å². The van der Waals surface area contributed by atoms with E-state index in [0.717, 1.165) is 44.4 Å². The zero-order valence-electron chi connectivity index (χ0n) is 9.63. The summed E-state index contributed by atoms with van der Waals surface area (Å²) in [7, 11) is 0. The number of aliphatic hydroxyl groups excluding tert-OH is 1. The molecule has 0 saturated carbocycles. The van der Waals surface area contributed by atoms with E-state index < -0.39 is 17.7 Å². The van der Waals surface area contributed by atoms with Crippen molar-refractivity contribution in [2.45, 2.75) is 37.8 Å². The molecule has 0 aliphatic carbocycles. The Morgan fingerprint density at radius 3 is 2.76 bits per heavy atom. The first-order chi connectivity index (χ1) is 8.18. The maximum absolute atomic E-state index is 13.1. The number of hydrogen-bond acceptors (Lipinski definition) is 2. The van der Waals surface area contributed by atoms with Crippen LogP contribution >= 0.6 is 0 Å². The highest BCUT2D eigenvalue weighted by molar-refractivity contribution is 5.21. The molecule has 2 atom stereocenters. The first-order valence-corrected chi connectivity index (χ1v) is 6.05. The summed E-state index contributed by atoms with van der Waals surface area (Å²) in [6, 6.07) is 3.51. The Kier molecular flexibility index (Phi) is 4.07. The van der Waals surface area contributed by atoms with E-state index in [2.05, 4.69) is 5.32 Å². The van der Waals surface area contributed by atoms with Gasteiger partial charge in [-0.25, -0.2) is 8.78 Å². The molecule has 2 unspecified atom stereocenters. The van der Waals surface area contributed by atoms with E-state index in [1.807, 2.05) is 0 Å². The lowest BCUT2D eigenvalue weighted by atomic mass is 9.98. The zero-order valence-corrected chi connectivity index (χ0v) is 9.63. The van der Waals surface area contributed by atoms with E-state index in [0.29, 0.717) is 5.56 Å². The predicted molar refractivity (Wildman–Crippen MR) is 61.6 cm³/mol.